The van der Waals surface area contributed by atoms with Gasteiger partial charge in [0.1, 0.15) is 5.69 Å². The molecule has 3 aromatic rings. The van der Waals surface area contributed by atoms with Crippen molar-refractivity contribution in [1.82, 2.24) is 10.1 Å². The monoisotopic (exact) mass is 315 g/mol. The fourth-order valence-electron chi connectivity index (χ4n) is 2.39. The Morgan fingerprint density at radius 3 is 2.95 bits per heavy atom. The molecule has 0 fully saturated rings. The summed E-state index contributed by atoms with van der Waals surface area (Å²) in [5.74, 6) is -0.218. The molecule has 1 amide bonds. The quantitative estimate of drug-likeness (QED) is 0.749. The Kier molecular flexibility index (Phi) is 3.81. The van der Waals surface area contributed by atoms with Crippen molar-refractivity contribution in [3.8, 4) is 0 Å². The molecule has 22 heavy (non-hydrogen) atoms. The molecule has 3 rings (SSSR count). The number of carbonyl (C=O) groups excluding carboxylic acids is 1. The van der Waals surface area contributed by atoms with E-state index in [9.17, 15) is 4.79 Å². The number of aromatic nitrogens is 2. The number of nitrogens with zero attached hydrogens (tertiary/aromatic N) is 2. The number of nitrogens with one attached hydrogen (secondary N) is 1. The molecule has 0 saturated carbocycles. The number of carbonyl (C=O) groups is 1. The van der Waals surface area contributed by atoms with Crippen LogP contribution in [0.4, 0.5) is 5.69 Å². The van der Waals surface area contributed by atoms with Crippen LogP contribution in [0.5, 0.6) is 0 Å². The average Bonchev–Trinajstić information content (AvgIpc) is 2.85. The fraction of sp³-hybridized carbons (Fsp3) is 0.188. The van der Waals surface area contributed by atoms with E-state index in [-0.39, 0.29) is 17.5 Å². The SMILES string of the molecule is Cc1cc(C)c2onc(CC(=O)Nc3cccnc3Cl)c2c1. The van der Waals surface area contributed by atoms with Gasteiger partial charge in [0.25, 0.3) is 0 Å². The summed E-state index contributed by atoms with van der Waals surface area (Å²) in [6, 6.07) is 7.40. The molecule has 6 heteroatoms. The number of aryl methyl sites for hydroxylation is 2. The number of halogens is 1. The molecule has 0 aliphatic carbocycles. The van der Waals surface area contributed by atoms with Crippen molar-refractivity contribution in [2.75, 3.05) is 5.32 Å². The molecule has 5 nitrogen and oxygen atoms in total. The maximum Gasteiger partial charge on any atom is 0.230 e. The highest BCUT2D eigenvalue weighted by atomic mass is 35.5. The Balaban J connectivity index is 1.84. The van der Waals surface area contributed by atoms with Crippen LogP contribution < -0.4 is 5.32 Å². The van der Waals surface area contributed by atoms with Gasteiger partial charge < -0.3 is 9.84 Å². The third-order valence-electron chi connectivity index (χ3n) is 3.34. The number of fused-ring (bicyclic) bond motifs is 1. The van der Waals surface area contributed by atoms with Gasteiger partial charge in [-0.25, -0.2) is 4.98 Å². The van der Waals surface area contributed by atoms with E-state index < -0.39 is 0 Å². The minimum atomic E-state index is -0.218. The van der Waals surface area contributed by atoms with Crippen molar-refractivity contribution in [2.45, 2.75) is 20.3 Å². The van der Waals surface area contributed by atoms with Crippen LogP contribution >= 0.6 is 11.6 Å². The van der Waals surface area contributed by atoms with E-state index in [0.29, 0.717) is 17.0 Å². The highest BCUT2D eigenvalue weighted by molar-refractivity contribution is 6.32. The first-order valence-corrected chi connectivity index (χ1v) is 7.18. The largest absolute Gasteiger partial charge is 0.356 e. The molecule has 0 aliphatic heterocycles. The van der Waals surface area contributed by atoms with Crippen LogP contribution in [0.25, 0.3) is 11.0 Å². The van der Waals surface area contributed by atoms with Crippen molar-refractivity contribution in [3.63, 3.8) is 0 Å². The minimum absolute atomic E-state index is 0.112. The van der Waals surface area contributed by atoms with Crippen molar-refractivity contribution < 1.29 is 9.32 Å². The standard InChI is InChI=1S/C16H14ClN3O2/c1-9-6-10(2)15-11(7-9)13(20-22-15)8-14(21)19-12-4-3-5-18-16(12)17/h3-7H,8H2,1-2H3,(H,19,21). The molecule has 112 valence electrons. The zero-order chi connectivity index (χ0) is 15.7. The lowest BCUT2D eigenvalue weighted by atomic mass is 10.1. The fourth-order valence-corrected chi connectivity index (χ4v) is 2.56. The first-order chi connectivity index (χ1) is 10.5. The van der Waals surface area contributed by atoms with Crippen LogP contribution in [0.2, 0.25) is 5.15 Å². The average molecular weight is 316 g/mol. The van der Waals surface area contributed by atoms with Crippen molar-refractivity contribution >= 4 is 34.2 Å². The first kappa shape index (κ1) is 14.5. The number of pyridine rings is 1. The molecule has 0 bridgehead atoms. The first-order valence-electron chi connectivity index (χ1n) is 6.80. The predicted octanol–water partition coefficient (Wildman–Crippen LogP) is 3.67. The third-order valence-corrected chi connectivity index (χ3v) is 3.64. The Morgan fingerprint density at radius 2 is 2.18 bits per heavy atom. The van der Waals surface area contributed by atoms with Crippen LogP contribution in [0.1, 0.15) is 16.8 Å². The molecule has 0 atom stereocenters. The molecule has 0 radical (unpaired) electrons. The van der Waals surface area contributed by atoms with Gasteiger partial charge in [-0.1, -0.05) is 22.8 Å². The Morgan fingerprint density at radius 1 is 1.36 bits per heavy atom. The van der Waals surface area contributed by atoms with Crippen LogP contribution in [0.15, 0.2) is 35.0 Å². The second kappa shape index (κ2) is 5.77. The van der Waals surface area contributed by atoms with E-state index in [1.165, 1.54) is 0 Å². The third kappa shape index (κ3) is 2.80. The highest BCUT2D eigenvalue weighted by Gasteiger charge is 2.15. The van der Waals surface area contributed by atoms with Gasteiger partial charge in [0.2, 0.25) is 5.91 Å². The number of benzene rings is 1. The lowest BCUT2D eigenvalue weighted by Gasteiger charge is -2.05. The summed E-state index contributed by atoms with van der Waals surface area (Å²) in [7, 11) is 0. The van der Waals surface area contributed by atoms with Crippen molar-refractivity contribution in [3.05, 3.63) is 52.4 Å². The van der Waals surface area contributed by atoms with E-state index in [1.54, 1.807) is 18.3 Å². The number of amides is 1. The van der Waals surface area contributed by atoms with E-state index >= 15 is 0 Å². The summed E-state index contributed by atoms with van der Waals surface area (Å²) in [5, 5.41) is 7.87. The van der Waals surface area contributed by atoms with E-state index in [0.717, 1.165) is 16.5 Å². The molecule has 2 aromatic heterocycles. The van der Waals surface area contributed by atoms with Gasteiger partial charge in [-0.15, -0.1) is 0 Å². The smallest absolute Gasteiger partial charge is 0.230 e. The summed E-state index contributed by atoms with van der Waals surface area (Å²) in [5.41, 5.74) is 3.91. The Bertz CT molecular complexity index is 858. The molecular weight excluding hydrogens is 302 g/mol. The second-order valence-electron chi connectivity index (χ2n) is 5.15. The second-order valence-corrected chi connectivity index (χ2v) is 5.51. The van der Waals surface area contributed by atoms with Crippen LogP contribution in [0, 0.1) is 13.8 Å². The van der Waals surface area contributed by atoms with Gasteiger partial charge in [0.05, 0.1) is 12.1 Å². The summed E-state index contributed by atoms with van der Waals surface area (Å²) < 4.78 is 5.34. The molecule has 0 unspecified atom stereocenters. The van der Waals surface area contributed by atoms with Crippen LogP contribution in [-0.4, -0.2) is 16.0 Å². The van der Waals surface area contributed by atoms with Gasteiger partial charge in [-0.05, 0) is 43.2 Å². The molecule has 1 N–H and O–H groups in total. The number of hydrogen-bond acceptors (Lipinski definition) is 4. The molecule has 2 heterocycles. The summed E-state index contributed by atoms with van der Waals surface area (Å²) in [4.78, 5) is 16.1. The summed E-state index contributed by atoms with van der Waals surface area (Å²) in [6.45, 7) is 3.96. The van der Waals surface area contributed by atoms with Gasteiger partial charge in [0.15, 0.2) is 10.7 Å². The van der Waals surface area contributed by atoms with Crippen LogP contribution in [-0.2, 0) is 11.2 Å². The lowest BCUT2D eigenvalue weighted by Crippen LogP contribution is -2.15. The maximum atomic E-state index is 12.2. The zero-order valence-electron chi connectivity index (χ0n) is 12.2. The van der Waals surface area contributed by atoms with Crippen molar-refractivity contribution in [1.29, 1.82) is 0 Å². The maximum absolute atomic E-state index is 12.2. The molecule has 0 saturated heterocycles. The summed E-state index contributed by atoms with van der Waals surface area (Å²) >= 11 is 5.93. The van der Waals surface area contributed by atoms with Crippen LogP contribution in [0.3, 0.4) is 0 Å². The lowest BCUT2D eigenvalue weighted by molar-refractivity contribution is -0.115. The number of hydrogen-bond donors (Lipinski definition) is 1. The van der Waals surface area contributed by atoms with Gasteiger partial charge in [-0.2, -0.15) is 0 Å². The highest BCUT2D eigenvalue weighted by Crippen LogP contribution is 2.24. The normalized spacial score (nSPS) is 10.9. The predicted molar refractivity (Wildman–Crippen MR) is 85.1 cm³/mol. The summed E-state index contributed by atoms with van der Waals surface area (Å²) in [6.07, 6.45) is 1.68. The molecular formula is C16H14ClN3O2. The van der Waals surface area contributed by atoms with Gasteiger partial charge >= 0.3 is 0 Å². The molecule has 0 spiro atoms. The minimum Gasteiger partial charge on any atom is -0.356 e. The Labute approximate surface area is 132 Å². The van der Waals surface area contributed by atoms with Gasteiger partial charge in [-0.3, -0.25) is 4.79 Å². The zero-order valence-corrected chi connectivity index (χ0v) is 12.9. The van der Waals surface area contributed by atoms with Crippen molar-refractivity contribution in [2.24, 2.45) is 0 Å². The van der Waals surface area contributed by atoms with E-state index in [4.69, 9.17) is 16.1 Å². The number of anilines is 1. The Hall–Kier alpha value is -2.40. The molecule has 1 aromatic carbocycles. The van der Waals surface area contributed by atoms with E-state index in [1.807, 2.05) is 26.0 Å². The van der Waals surface area contributed by atoms with Gasteiger partial charge in [0, 0.05) is 11.6 Å². The molecule has 0 aliphatic rings. The number of rotatable bonds is 3. The van der Waals surface area contributed by atoms with E-state index in [2.05, 4.69) is 15.5 Å². The topological polar surface area (TPSA) is 68.0 Å².